The molecule has 0 bridgehead atoms. The number of benzene rings is 2. The molecule has 8 heteroatoms. The van der Waals surface area contributed by atoms with Crippen molar-refractivity contribution in [1.29, 1.82) is 0 Å². The Hall–Kier alpha value is -3.78. The Morgan fingerprint density at radius 1 is 1.05 bits per heavy atom. The Labute approximate surface area is 234 Å². The Morgan fingerprint density at radius 2 is 1.77 bits per heavy atom. The molecule has 40 heavy (non-hydrogen) atoms. The highest BCUT2D eigenvalue weighted by atomic mass is 16.5. The average Bonchev–Trinajstić information content (AvgIpc) is 3.42. The lowest BCUT2D eigenvalue weighted by atomic mass is 9.85. The highest BCUT2D eigenvalue weighted by Crippen LogP contribution is 2.30. The van der Waals surface area contributed by atoms with Crippen LogP contribution < -0.4 is 11.3 Å². The molecular formula is C32H38N4O4. The third-order valence-electron chi connectivity index (χ3n) is 8.14. The molecule has 4 aromatic rings. The molecule has 0 saturated heterocycles. The van der Waals surface area contributed by atoms with Gasteiger partial charge in [0.05, 0.1) is 18.3 Å². The number of rotatable bonds is 10. The maximum Gasteiger partial charge on any atom is 0.439 e. The van der Waals surface area contributed by atoms with Crippen LogP contribution in [0.15, 0.2) is 62.6 Å². The molecule has 8 nitrogen and oxygen atoms in total. The quantitative estimate of drug-likeness (QED) is 0.276. The van der Waals surface area contributed by atoms with Gasteiger partial charge in [0.25, 0.3) is 5.56 Å². The Morgan fingerprint density at radius 3 is 2.45 bits per heavy atom. The predicted molar refractivity (Wildman–Crippen MR) is 155 cm³/mol. The molecule has 1 saturated carbocycles. The Kier molecular flexibility index (Phi) is 8.75. The summed E-state index contributed by atoms with van der Waals surface area (Å²) >= 11 is 0. The van der Waals surface area contributed by atoms with E-state index in [0.717, 1.165) is 72.9 Å². The van der Waals surface area contributed by atoms with Crippen LogP contribution in [0.5, 0.6) is 0 Å². The van der Waals surface area contributed by atoms with Gasteiger partial charge in [-0.15, -0.1) is 0 Å². The first kappa shape index (κ1) is 27.8. The number of unbranched alkanes of at least 4 members (excludes halogenated alkanes) is 1. The number of hydrogen-bond acceptors (Lipinski definition) is 6. The van der Waals surface area contributed by atoms with Gasteiger partial charge in [-0.2, -0.15) is 0 Å². The fraction of sp³-hybridized carbons (Fsp3) is 0.438. The van der Waals surface area contributed by atoms with E-state index in [4.69, 9.17) is 9.51 Å². The minimum Gasteiger partial charge on any atom is -0.391 e. The van der Waals surface area contributed by atoms with Crippen molar-refractivity contribution >= 4 is 0 Å². The van der Waals surface area contributed by atoms with Gasteiger partial charge in [-0.25, -0.2) is 9.78 Å². The third kappa shape index (κ3) is 6.17. The van der Waals surface area contributed by atoms with Crippen LogP contribution in [-0.4, -0.2) is 30.9 Å². The van der Waals surface area contributed by atoms with Crippen molar-refractivity contribution in [3.05, 3.63) is 92.1 Å². The molecule has 1 aliphatic rings. The zero-order valence-corrected chi connectivity index (χ0v) is 23.4. The second-order valence-electron chi connectivity index (χ2n) is 10.9. The second-order valence-corrected chi connectivity index (χ2v) is 10.9. The molecule has 2 aromatic heterocycles. The van der Waals surface area contributed by atoms with E-state index < -0.39 is 11.9 Å². The van der Waals surface area contributed by atoms with Crippen molar-refractivity contribution in [3.63, 3.8) is 0 Å². The summed E-state index contributed by atoms with van der Waals surface area (Å²) in [7, 11) is 0. The monoisotopic (exact) mass is 542 g/mol. The SMILES string of the molecule is CCCCc1nc(C)n(CC(O)C2CCCCC2)c(=O)c1Cc1ccc(-c2ccccc2-c2noc(=O)[nH]2)cc1. The van der Waals surface area contributed by atoms with Gasteiger partial charge in [-0.3, -0.25) is 18.9 Å². The van der Waals surface area contributed by atoms with Crippen LogP contribution in [0.25, 0.3) is 22.5 Å². The van der Waals surface area contributed by atoms with E-state index in [9.17, 15) is 14.7 Å². The zero-order chi connectivity index (χ0) is 28.1. The van der Waals surface area contributed by atoms with Gasteiger partial charge >= 0.3 is 5.76 Å². The highest BCUT2D eigenvalue weighted by molar-refractivity contribution is 5.80. The molecule has 0 radical (unpaired) electrons. The average molecular weight is 543 g/mol. The Balaban J connectivity index is 1.43. The first-order valence-electron chi connectivity index (χ1n) is 14.5. The smallest absolute Gasteiger partial charge is 0.391 e. The number of aryl methyl sites for hydroxylation is 2. The minimum atomic E-state index is -0.595. The van der Waals surface area contributed by atoms with Crippen LogP contribution in [0.2, 0.25) is 0 Å². The van der Waals surface area contributed by atoms with Crippen molar-refractivity contribution in [2.24, 2.45) is 5.92 Å². The number of aliphatic hydroxyl groups excluding tert-OH is 1. The standard InChI is InChI=1S/C32H38N4O4/c1-3-4-14-28-27(31(38)36(21(2)33-28)20-29(37)24-10-6-5-7-11-24)19-22-15-17-23(18-16-22)25-12-8-9-13-26(25)30-34-32(39)40-35-30/h8-9,12-13,15-18,24,29,37H,3-7,10-11,14,19-20H2,1-2H3,(H,34,35,39). The molecule has 2 heterocycles. The molecule has 1 fully saturated rings. The fourth-order valence-electron chi connectivity index (χ4n) is 5.85. The van der Waals surface area contributed by atoms with Crippen molar-refractivity contribution in [3.8, 4) is 22.5 Å². The minimum absolute atomic E-state index is 0.0436. The summed E-state index contributed by atoms with van der Waals surface area (Å²) in [5.74, 6) is 0.705. The molecule has 2 aromatic carbocycles. The number of nitrogens with zero attached hydrogens (tertiary/aromatic N) is 3. The van der Waals surface area contributed by atoms with Crippen molar-refractivity contribution in [2.45, 2.75) is 84.3 Å². The number of aromatic amines is 1. The van der Waals surface area contributed by atoms with E-state index in [1.165, 1.54) is 6.42 Å². The summed E-state index contributed by atoms with van der Waals surface area (Å²) in [6, 6.07) is 15.8. The second kappa shape index (κ2) is 12.6. The summed E-state index contributed by atoms with van der Waals surface area (Å²) in [5.41, 5.74) is 5.18. The van der Waals surface area contributed by atoms with E-state index >= 15 is 0 Å². The molecule has 1 unspecified atom stereocenters. The van der Waals surface area contributed by atoms with E-state index in [1.54, 1.807) is 4.57 Å². The summed E-state index contributed by atoms with van der Waals surface area (Å²) in [4.78, 5) is 32.9. The molecule has 1 atom stereocenters. The molecule has 0 aliphatic heterocycles. The number of H-pyrrole nitrogens is 1. The lowest BCUT2D eigenvalue weighted by molar-refractivity contribution is 0.0677. The number of aliphatic hydroxyl groups is 1. The van der Waals surface area contributed by atoms with Crippen LogP contribution in [0.4, 0.5) is 0 Å². The van der Waals surface area contributed by atoms with Gasteiger partial charge in [0.2, 0.25) is 0 Å². The van der Waals surface area contributed by atoms with Crippen molar-refractivity contribution in [2.75, 3.05) is 0 Å². The van der Waals surface area contributed by atoms with Crippen LogP contribution >= 0.6 is 0 Å². The van der Waals surface area contributed by atoms with Gasteiger partial charge in [-0.05, 0) is 55.2 Å². The normalized spacial score (nSPS) is 14.9. The van der Waals surface area contributed by atoms with Gasteiger partial charge in [0.1, 0.15) is 5.82 Å². The predicted octanol–water partition coefficient (Wildman–Crippen LogP) is 5.44. The Bertz CT molecular complexity index is 1540. The van der Waals surface area contributed by atoms with E-state index in [0.29, 0.717) is 30.2 Å². The van der Waals surface area contributed by atoms with Gasteiger partial charge in [0, 0.05) is 17.5 Å². The summed E-state index contributed by atoms with van der Waals surface area (Å²) in [6.45, 7) is 4.31. The number of nitrogens with one attached hydrogen (secondary N) is 1. The molecular weight excluding hydrogens is 504 g/mol. The zero-order valence-electron chi connectivity index (χ0n) is 23.4. The molecule has 210 valence electrons. The number of hydrogen-bond donors (Lipinski definition) is 2. The molecule has 5 rings (SSSR count). The molecule has 2 N–H and O–H groups in total. The maximum absolute atomic E-state index is 13.9. The van der Waals surface area contributed by atoms with Gasteiger partial charge in [0.15, 0.2) is 5.82 Å². The van der Waals surface area contributed by atoms with Crippen LogP contribution in [-0.2, 0) is 19.4 Å². The largest absolute Gasteiger partial charge is 0.439 e. The van der Waals surface area contributed by atoms with Crippen molar-refractivity contribution in [1.82, 2.24) is 19.7 Å². The van der Waals surface area contributed by atoms with Gasteiger partial charge in [-0.1, -0.05) is 86.3 Å². The lowest BCUT2D eigenvalue weighted by Crippen LogP contribution is -2.36. The van der Waals surface area contributed by atoms with E-state index in [1.807, 2.05) is 55.5 Å². The summed E-state index contributed by atoms with van der Waals surface area (Å²) in [6.07, 6.45) is 8.24. The maximum atomic E-state index is 13.9. The highest BCUT2D eigenvalue weighted by Gasteiger charge is 2.24. The van der Waals surface area contributed by atoms with Crippen LogP contribution in [0.3, 0.4) is 0 Å². The van der Waals surface area contributed by atoms with Crippen LogP contribution in [0.1, 0.15) is 74.5 Å². The van der Waals surface area contributed by atoms with E-state index in [2.05, 4.69) is 17.1 Å². The first-order chi connectivity index (χ1) is 19.4. The molecule has 0 amide bonds. The van der Waals surface area contributed by atoms with Crippen molar-refractivity contribution < 1.29 is 9.63 Å². The van der Waals surface area contributed by atoms with Crippen LogP contribution in [0, 0.1) is 12.8 Å². The number of aromatic nitrogens is 4. The molecule has 1 aliphatic carbocycles. The third-order valence-corrected chi connectivity index (χ3v) is 8.14. The first-order valence-corrected chi connectivity index (χ1v) is 14.5. The topological polar surface area (TPSA) is 114 Å². The van der Waals surface area contributed by atoms with E-state index in [-0.39, 0.29) is 11.5 Å². The van der Waals surface area contributed by atoms with Gasteiger partial charge < -0.3 is 5.11 Å². The summed E-state index contributed by atoms with van der Waals surface area (Å²) < 4.78 is 6.40. The summed E-state index contributed by atoms with van der Waals surface area (Å²) in [5, 5.41) is 14.8. The fourth-order valence-corrected chi connectivity index (χ4v) is 5.85. The lowest BCUT2D eigenvalue weighted by Gasteiger charge is -2.27. The molecule has 0 spiro atoms.